The maximum atomic E-state index is 13.4. The Hall–Kier alpha value is -4.58. The molecule has 6 heteroatoms. The van der Waals surface area contributed by atoms with E-state index in [9.17, 15) is 19.2 Å². The molecule has 0 aromatic heterocycles. The van der Waals surface area contributed by atoms with Crippen LogP contribution in [-0.4, -0.2) is 33.4 Å². The molecule has 0 N–H and O–H groups in total. The van der Waals surface area contributed by atoms with Gasteiger partial charge in [0.2, 0.25) is 23.6 Å². The fourth-order valence-electron chi connectivity index (χ4n) is 7.15. The topological polar surface area (TPSA) is 74.8 Å². The number of rotatable bonds is 6. The van der Waals surface area contributed by atoms with Crippen LogP contribution in [0.2, 0.25) is 0 Å². The number of carbonyl (C=O) groups is 4. The van der Waals surface area contributed by atoms with E-state index in [0.29, 0.717) is 25.7 Å². The summed E-state index contributed by atoms with van der Waals surface area (Å²) in [4.78, 5) is 56.2. The van der Waals surface area contributed by atoms with Gasteiger partial charge in [-0.05, 0) is 59.1 Å². The molecular formula is C36H32N2O4. The summed E-state index contributed by atoms with van der Waals surface area (Å²) in [5.74, 6) is -1.77. The SMILES string of the molecule is O=C1C2CC=C(c3ccccc3)CC2C(=O)N1Cc1cccc(CN2C(=O)C3CC=C(c4ccccc4)CC3C2=O)c1. The molecule has 4 amide bonds. The highest BCUT2D eigenvalue weighted by molar-refractivity contribution is 6.07. The molecule has 4 aliphatic rings. The van der Waals surface area contributed by atoms with Crippen molar-refractivity contribution >= 4 is 34.8 Å². The van der Waals surface area contributed by atoms with Crippen molar-refractivity contribution in [2.75, 3.05) is 0 Å². The van der Waals surface area contributed by atoms with Gasteiger partial charge in [0.05, 0.1) is 36.8 Å². The largest absolute Gasteiger partial charge is 0.278 e. The van der Waals surface area contributed by atoms with Crippen molar-refractivity contribution in [1.82, 2.24) is 9.80 Å². The fourth-order valence-corrected chi connectivity index (χ4v) is 7.15. The van der Waals surface area contributed by atoms with Crippen molar-refractivity contribution in [2.45, 2.75) is 38.8 Å². The van der Waals surface area contributed by atoms with Gasteiger partial charge in [0.25, 0.3) is 0 Å². The molecular weight excluding hydrogens is 524 g/mol. The van der Waals surface area contributed by atoms with Gasteiger partial charge in [-0.15, -0.1) is 0 Å². The molecule has 4 unspecified atom stereocenters. The van der Waals surface area contributed by atoms with Crippen molar-refractivity contribution < 1.29 is 19.2 Å². The number of likely N-dealkylation sites (tertiary alicyclic amines) is 2. The van der Waals surface area contributed by atoms with Crippen molar-refractivity contribution in [3.63, 3.8) is 0 Å². The fraction of sp³-hybridized carbons (Fsp3) is 0.278. The van der Waals surface area contributed by atoms with Crippen molar-refractivity contribution in [3.05, 3.63) is 119 Å². The molecule has 2 fully saturated rings. The summed E-state index contributed by atoms with van der Waals surface area (Å²) in [6.07, 6.45) is 6.48. The molecule has 2 aliphatic heterocycles. The number of hydrogen-bond acceptors (Lipinski definition) is 4. The van der Waals surface area contributed by atoms with E-state index < -0.39 is 0 Å². The van der Waals surface area contributed by atoms with Crippen molar-refractivity contribution in [1.29, 1.82) is 0 Å². The van der Waals surface area contributed by atoms with Gasteiger partial charge in [0.1, 0.15) is 0 Å². The Morgan fingerprint density at radius 3 is 1.33 bits per heavy atom. The Morgan fingerprint density at radius 2 is 0.905 bits per heavy atom. The lowest BCUT2D eigenvalue weighted by Crippen LogP contribution is -2.31. The highest BCUT2D eigenvalue weighted by atomic mass is 16.2. The number of benzene rings is 3. The molecule has 210 valence electrons. The zero-order valence-corrected chi connectivity index (χ0v) is 23.3. The van der Waals surface area contributed by atoms with E-state index in [0.717, 1.165) is 33.4 Å². The van der Waals surface area contributed by atoms with E-state index in [1.54, 1.807) is 0 Å². The minimum atomic E-state index is -0.335. The van der Waals surface area contributed by atoms with Gasteiger partial charge in [0.15, 0.2) is 0 Å². The van der Waals surface area contributed by atoms with Crippen LogP contribution in [0, 0.1) is 23.7 Å². The third-order valence-electron chi connectivity index (χ3n) is 9.38. The highest BCUT2D eigenvalue weighted by Crippen LogP contribution is 2.43. The number of nitrogens with zero attached hydrogens (tertiary/aromatic N) is 2. The van der Waals surface area contributed by atoms with Crippen LogP contribution in [0.5, 0.6) is 0 Å². The van der Waals surface area contributed by atoms with Gasteiger partial charge < -0.3 is 0 Å². The second-order valence-electron chi connectivity index (χ2n) is 11.8. The zero-order chi connectivity index (χ0) is 28.8. The number of imide groups is 2. The molecule has 0 spiro atoms. The summed E-state index contributed by atoms with van der Waals surface area (Å²) < 4.78 is 0. The monoisotopic (exact) mass is 556 g/mol. The first-order chi connectivity index (χ1) is 20.5. The number of fused-ring (bicyclic) bond motifs is 2. The van der Waals surface area contributed by atoms with E-state index in [1.165, 1.54) is 9.80 Å². The van der Waals surface area contributed by atoms with Crippen LogP contribution in [0.4, 0.5) is 0 Å². The number of allylic oxidation sites excluding steroid dienone is 4. The van der Waals surface area contributed by atoms with Crippen LogP contribution < -0.4 is 0 Å². The quantitative estimate of drug-likeness (QED) is 0.368. The molecule has 0 saturated carbocycles. The Kier molecular flexibility index (Phi) is 6.69. The van der Waals surface area contributed by atoms with Crippen LogP contribution in [0.15, 0.2) is 97.1 Å². The van der Waals surface area contributed by atoms with Crippen molar-refractivity contribution in [3.8, 4) is 0 Å². The van der Waals surface area contributed by atoms with E-state index in [2.05, 4.69) is 12.2 Å². The Balaban J connectivity index is 1.03. The van der Waals surface area contributed by atoms with E-state index >= 15 is 0 Å². The summed E-state index contributed by atoms with van der Waals surface area (Å²) in [5, 5.41) is 0. The molecule has 3 aromatic carbocycles. The number of hydrogen-bond donors (Lipinski definition) is 0. The Morgan fingerprint density at radius 1 is 0.500 bits per heavy atom. The Bertz CT molecular complexity index is 1520. The lowest BCUT2D eigenvalue weighted by Gasteiger charge is -2.21. The normalized spacial score (nSPS) is 25.3. The minimum absolute atomic E-state index is 0.116. The standard InChI is InChI=1S/C36H32N2O4/c39-33-29-16-14-27(25-10-3-1-4-11-25)19-31(29)35(41)37(33)21-23-8-7-9-24(18-23)22-38-34(40)30-17-15-28(20-32(30)36(38)42)26-12-5-2-6-13-26/h1-15,18,29-32H,16-17,19-22H2. The van der Waals surface area contributed by atoms with Crippen LogP contribution in [0.3, 0.4) is 0 Å². The van der Waals surface area contributed by atoms with E-state index in [1.807, 2.05) is 84.9 Å². The third kappa shape index (κ3) is 4.61. The van der Waals surface area contributed by atoms with Gasteiger partial charge >= 0.3 is 0 Å². The summed E-state index contributed by atoms with van der Waals surface area (Å²) in [6.45, 7) is 0.382. The van der Waals surface area contributed by atoms with Gasteiger partial charge in [-0.2, -0.15) is 0 Å². The molecule has 0 radical (unpaired) electrons. The smallest absolute Gasteiger partial charge is 0.233 e. The van der Waals surface area contributed by atoms with Gasteiger partial charge in [0, 0.05) is 0 Å². The summed E-state index contributed by atoms with van der Waals surface area (Å²) in [6, 6.07) is 27.6. The second kappa shape index (κ2) is 10.7. The molecule has 7 rings (SSSR count). The first kappa shape index (κ1) is 26.3. The van der Waals surface area contributed by atoms with E-state index in [4.69, 9.17) is 0 Å². The molecule has 2 aliphatic carbocycles. The third-order valence-corrected chi connectivity index (χ3v) is 9.38. The first-order valence-electron chi connectivity index (χ1n) is 14.7. The maximum absolute atomic E-state index is 13.4. The number of carbonyl (C=O) groups excluding carboxylic acids is 4. The maximum Gasteiger partial charge on any atom is 0.233 e. The molecule has 3 aromatic rings. The number of amides is 4. The van der Waals surface area contributed by atoms with Gasteiger partial charge in [-0.3, -0.25) is 29.0 Å². The minimum Gasteiger partial charge on any atom is -0.278 e. The highest BCUT2D eigenvalue weighted by Gasteiger charge is 2.49. The average Bonchev–Trinajstić information content (AvgIpc) is 3.41. The van der Waals surface area contributed by atoms with E-state index in [-0.39, 0.29) is 60.4 Å². The molecule has 2 heterocycles. The van der Waals surface area contributed by atoms with Crippen LogP contribution in [0.1, 0.15) is 47.9 Å². The predicted molar refractivity (Wildman–Crippen MR) is 159 cm³/mol. The van der Waals surface area contributed by atoms with Gasteiger partial charge in [-0.25, -0.2) is 0 Å². The summed E-state index contributed by atoms with van der Waals surface area (Å²) in [7, 11) is 0. The average molecular weight is 557 g/mol. The second-order valence-corrected chi connectivity index (χ2v) is 11.8. The van der Waals surface area contributed by atoms with Crippen molar-refractivity contribution in [2.24, 2.45) is 23.7 Å². The van der Waals surface area contributed by atoms with Crippen LogP contribution >= 0.6 is 0 Å². The first-order valence-corrected chi connectivity index (χ1v) is 14.7. The van der Waals surface area contributed by atoms with Crippen LogP contribution in [-0.2, 0) is 32.3 Å². The van der Waals surface area contributed by atoms with Crippen LogP contribution in [0.25, 0.3) is 11.1 Å². The summed E-state index contributed by atoms with van der Waals surface area (Å²) >= 11 is 0. The van der Waals surface area contributed by atoms with Gasteiger partial charge in [-0.1, -0.05) is 97.1 Å². The molecule has 6 nitrogen and oxygen atoms in total. The molecule has 0 bridgehead atoms. The molecule has 2 saturated heterocycles. The zero-order valence-electron chi connectivity index (χ0n) is 23.3. The molecule has 42 heavy (non-hydrogen) atoms. The lowest BCUT2D eigenvalue weighted by molar-refractivity contribution is -0.142. The predicted octanol–water partition coefficient (Wildman–Crippen LogP) is 5.64. The summed E-state index contributed by atoms with van der Waals surface area (Å²) in [5.41, 5.74) is 6.06. The molecule has 4 atom stereocenters. The lowest BCUT2D eigenvalue weighted by atomic mass is 9.79. The Labute approximate surface area is 245 Å².